The van der Waals surface area contributed by atoms with E-state index in [1.54, 1.807) is 20.1 Å². The van der Waals surface area contributed by atoms with E-state index in [0.717, 1.165) is 11.3 Å². The summed E-state index contributed by atoms with van der Waals surface area (Å²) >= 11 is 2.44. The molecule has 0 atom stereocenters. The van der Waals surface area contributed by atoms with Crippen LogP contribution in [-0.4, -0.2) is 38.0 Å². The highest BCUT2D eigenvalue weighted by Crippen LogP contribution is 2.40. The fourth-order valence-corrected chi connectivity index (χ4v) is 3.19. The summed E-state index contributed by atoms with van der Waals surface area (Å²) in [7, 11) is 0. The summed E-state index contributed by atoms with van der Waals surface area (Å²) in [4.78, 5) is 23.4. The summed E-state index contributed by atoms with van der Waals surface area (Å²) in [5, 5.41) is 9.22. The summed E-state index contributed by atoms with van der Waals surface area (Å²) in [5.41, 5.74) is 0.236. The van der Waals surface area contributed by atoms with Crippen LogP contribution in [0.15, 0.2) is 4.21 Å². The predicted octanol–water partition coefficient (Wildman–Crippen LogP) is 2.46. The van der Waals surface area contributed by atoms with Gasteiger partial charge in [-0.2, -0.15) is 5.26 Å². The monoisotopic (exact) mass is 329 g/mol. The number of nitriles is 1. The molecule has 8 heteroatoms. The van der Waals surface area contributed by atoms with E-state index in [1.165, 1.54) is 11.8 Å². The van der Waals surface area contributed by atoms with Gasteiger partial charge in [-0.25, -0.2) is 9.59 Å². The maximum absolute atomic E-state index is 11.9. The van der Waals surface area contributed by atoms with Crippen LogP contribution in [-0.2, 0) is 14.3 Å². The van der Waals surface area contributed by atoms with E-state index in [1.807, 2.05) is 6.07 Å². The Bertz CT molecular complexity index is 562. The minimum Gasteiger partial charge on any atom is -0.479 e. The number of ether oxygens (including phenoxy) is 3. The Labute approximate surface area is 131 Å². The number of hydrogen-bond acceptors (Lipinski definition) is 8. The van der Waals surface area contributed by atoms with E-state index in [4.69, 9.17) is 14.2 Å². The molecule has 1 aromatic heterocycles. The Hall–Kier alpha value is -1.72. The topological polar surface area (TPSA) is 85.6 Å². The minimum absolute atomic E-state index is 0.0818. The Morgan fingerprint density at radius 2 is 1.95 bits per heavy atom. The van der Waals surface area contributed by atoms with Gasteiger partial charge in [0.1, 0.15) is 11.6 Å². The van der Waals surface area contributed by atoms with Crippen LogP contribution in [0.2, 0.25) is 0 Å². The smallest absolute Gasteiger partial charge is 0.352 e. The first-order valence-corrected chi connectivity index (χ1v) is 8.19. The van der Waals surface area contributed by atoms with Crippen LogP contribution in [0.25, 0.3) is 0 Å². The first-order chi connectivity index (χ1) is 10.1. The molecule has 21 heavy (non-hydrogen) atoms. The van der Waals surface area contributed by atoms with Crippen LogP contribution in [0.3, 0.4) is 0 Å². The normalized spacial score (nSPS) is 9.81. The van der Waals surface area contributed by atoms with Crippen LogP contribution in [0.5, 0.6) is 5.75 Å². The van der Waals surface area contributed by atoms with Crippen molar-refractivity contribution in [1.29, 1.82) is 5.26 Å². The number of carbonyl (C=O) groups excluding carboxylic acids is 2. The molecule has 1 rings (SSSR count). The Kier molecular flexibility index (Phi) is 7.05. The molecule has 0 saturated heterocycles. The van der Waals surface area contributed by atoms with Crippen molar-refractivity contribution in [1.82, 2.24) is 0 Å². The molecule has 114 valence electrons. The van der Waals surface area contributed by atoms with Gasteiger partial charge in [0.05, 0.1) is 17.4 Å². The van der Waals surface area contributed by atoms with Crippen LogP contribution < -0.4 is 4.74 Å². The molecule has 0 aliphatic carbocycles. The molecular weight excluding hydrogens is 314 g/mol. The van der Waals surface area contributed by atoms with Gasteiger partial charge in [0.15, 0.2) is 17.2 Å². The number of rotatable bonds is 7. The molecule has 1 heterocycles. The van der Waals surface area contributed by atoms with Gasteiger partial charge in [0.25, 0.3) is 0 Å². The van der Waals surface area contributed by atoms with E-state index in [-0.39, 0.29) is 36.0 Å². The van der Waals surface area contributed by atoms with Crippen LogP contribution in [0.1, 0.15) is 29.1 Å². The fraction of sp³-hybridized carbons (Fsp3) is 0.462. The molecule has 0 N–H and O–H groups in total. The standard InChI is InChI=1S/C13H15NO5S2/c1-4-17-9(15)7-19-10-8(6-14)13(20-3)21-11(10)12(16)18-5-2/h4-5,7H2,1-3H3. The van der Waals surface area contributed by atoms with Crippen LogP contribution in [0.4, 0.5) is 0 Å². The van der Waals surface area contributed by atoms with E-state index >= 15 is 0 Å². The average Bonchev–Trinajstić information content (AvgIpc) is 2.83. The van der Waals surface area contributed by atoms with Crippen molar-refractivity contribution < 1.29 is 23.8 Å². The van der Waals surface area contributed by atoms with Gasteiger partial charge in [-0.15, -0.1) is 23.1 Å². The van der Waals surface area contributed by atoms with Crippen molar-refractivity contribution in [3.05, 3.63) is 10.4 Å². The van der Waals surface area contributed by atoms with Gasteiger partial charge < -0.3 is 14.2 Å². The maximum Gasteiger partial charge on any atom is 0.352 e. The van der Waals surface area contributed by atoms with E-state index < -0.39 is 11.9 Å². The zero-order chi connectivity index (χ0) is 15.8. The van der Waals surface area contributed by atoms with E-state index in [0.29, 0.717) is 4.21 Å². The molecule has 0 fully saturated rings. The third kappa shape index (κ3) is 4.37. The molecule has 0 unspecified atom stereocenters. The highest BCUT2D eigenvalue weighted by Gasteiger charge is 2.26. The van der Waals surface area contributed by atoms with E-state index in [9.17, 15) is 14.9 Å². The molecule has 0 radical (unpaired) electrons. The Morgan fingerprint density at radius 3 is 2.48 bits per heavy atom. The van der Waals surface area contributed by atoms with Crippen molar-refractivity contribution in [2.45, 2.75) is 18.1 Å². The minimum atomic E-state index is -0.571. The zero-order valence-electron chi connectivity index (χ0n) is 11.9. The third-order valence-electron chi connectivity index (χ3n) is 2.23. The molecule has 6 nitrogen and oxygen atoms in total. The lowest BCUT2D eigenvalue weighted by Crippen LogP contribution is -2.16. The Balaban J connectivity index is 3.07. The van der Waals surface area contributed by atoms with Gasteiger partial charge in [0.2, 0.25) is 0 Å². The van der Waals surface area contributed by atoms with Crippen molar-refractivity contribution in [3.63, 3.8) is 0 Å². The van der Waals surface area contributed by atoms with Crippen LogP contribution >= 0.6 is 23.1 Å². The van der Waals surface area contributed by atoms with Crippen LogP contribution in [0, 0.1) is 11.3 Å². The summed E-state index contributed by atoms with van der Waals surface area (Å²) in [5.74, 6) is -1.05. The maximum atomic E-state index is 11.9. The summed E-state index contributed by atoms with van der Waals surface area (Å²) in [6.07, 6.45) is 1.79. The van der Waals surface area contributed by atoms with Crippen molar-refractivity contribution in [2.75, 3.05) is 26.1 Å². The lowest BCUT2D eigenvalue weighted by Gasteiger charge is -2.07. The van der Waals surface area contributed by atoms with Crippen molar-refractivity contribution in [2.24, 2.45) is 0 Å². The molecule has 1 aromatic rings. The number of hydrogen-bond donors (Lipinski definition) is 0. The molecule has 0 aliphatic heterocycles. The average molecular weight is 329 g/mol. The SMILES string of the molecule is CCOC(=O)COc1c(C(=O)OCC)sc(SC)c1C#N. The highest BCUT2D eigenvalue weighted by atomic mass is 32.2. The van der Waals surface area contributed by atoms with Gasteiger partial charge in [-0.3, -0.25) is 0 Å². The van der Waals surface area contributed by atoms with Gasteiger partial charge in [-0.05, 0) is 20.1 Å². The molecule has 0 bridgehead atoms. The van der Waals surface area contributed by atoms with Crippen molar-refractivity contribution >= 4 is 35.0 Å². The van der Waals surface area contributed by atoms with Gasteiger partial charge >= 0.3 is 11.9 Å². The second-order valence-electron chi connectivity index (χ2n) is 3.55. The molecule has 0 aromatic carbocycles. The largest absolute Gasteiger partial charge is 0.479 e. The predicted molar refractivity (Wildman–Crippen MR) is 78.9 cm³/mol. The molecule has 0 spiro atoms. The lowest BCUT2D eigenvalue weighted by atomic mass is 10.3. The first kappa shape index (κ1) is 17.3. The van der Waals surface area contributed by atoms with Gasteiger partial charge in [0, 0.05) is 0 Å². The summed E-state index contributed by atoms with van der Waals surface area (Å²) in [6, 6.07) is 1.99. The summed E-state index contributed by atoms with van der Waals surface area (Å²) < 4.78 is 15.7. The third-order valence-corrected chi connectivity index (χ3v) is 4.50. The summed E-state index contributed by atoms with van der Waals surface area (Å²) in [6.45, 7) is 3.45. The lowest BCUT2D eigenvalue weighted by molar-refractivity contribution is -0.145. The highest BCUT2D eigenvalue weighted by molar-refractivity contribution is 8.00. The number of nitrogens with zero attached hydrogens (tertiary/aromatic N) is 1. The first-order valence-electron chi connectivity index (χ1n) is 6.15. The second-order valence-corrected chi connectivity index (χ2v) is 5.65. The number of esters is 2. The Morgan fingerprint density at radius 1 is 1.29 bits per heavy atom. The molecular formula is C13H15NO5S2. The zero-order valence-corrected chi connectivity index (χ0v) is 13.6. The quantitative estimate of drug-likeness (QED) is 0.561. The molecule has 0 saturated carbocycles. The fourth-order valence-electron chi connectivity index (χ4n) is 1.44. The second kappa shape index (κ2) is 8.54. The van der Waals surface area contributed by atoms with E-state index in [2.05, 4.69) is 0 Å². The molecule has 0 aliphatic rings. The number of carbonyl (C=O) groups is 2. The number of thiophene rings is 1. The molecule has 0 amide bonds. The number of thioether (sulfide) groups is 1. The van der Waals surface area contributed by atoms with Crippen molar-refractivity contribution in [3.8, 4) is 11.8 Å². The van der Waals surface area contributed by atoms with Gasteiger partial charge in [-0.1, -0.05) is 0 Å².